The van der Waals surface area contributed by atoms with E-state index in [2.05, 4.69) is 25.6 Å². The van der Waals surface area contributed by atoms with E-state index >= 15 is 0 Å². The van der Waals surface area contributed by atoms with Crippen LogP contribution in [0.1, 0.15) is 41.6 Å². The largest absolute Gasteiger partial charge is 0.393 e. The number of carbonyl (C=O) groups excluding carboxylic acids is 1. The number of aliphatic hydroxyl groups excluding tert-OH is 1. The van der Waals surface area contributed by atoms with Gasteiger partial charge in [0.25, 0.3) is 5.91 Å². The van der Waals surface area contributed by atoms with Crippen molar-refractivity contribution < 1.29 is 9.90 Å². The molecule has 0 aliphatic heterocycles. The highest BCUT2D eigenvalue weighted by atomic mass is 16.3. The summed E-state index contributed by atoms with van der Waals surface area (Å²) in [5.74, 6) is 0.344. The van der Waals surface area contributed by atoms with Crippen molar-refractivity contribution in [1.29, 1.82) is 0 Å². The summed E-state index contributed by atoms with van der Waals surface area (Å²) in [5, 5.41) is 16.8. The van der Waals surface area contributed by atoms with Gasteiger partial charge in [0, 0.05) is 36.6 Å². The molecule has 3 aromatic rings. The van der Waals surface area contributed by atoms with Crippen molar-refractivity contribution in [3.8, 4) is 0 Å². The molecule has 1 aliphatic rings. The van der Waals surface area contributed by atoms with Crippen LogP contribution >= 0.6 is 0 Å². The molecule has 1 fully saturated rings. The molecule has 2 heterocycles. The van der Waals surface area contributed by atoms with Crippen LogP contribution in [0.15, 0.2) is 48.9 Å². The summed E-state index contributed by atoms with van der Waals surface area (Å²) in [4.78, 5) is 25.7. The topological polar surface area (TPSA) is 100 Å². The van der Waals surface area contributed by atoms with Gasteiger partial charge in [-0.1, -0.05) is 12.1 Å². The molecule has 7 nitrogen and oxygen atoms in total. The van der Waals surface area contributed by atoms with Crippen molar-refractivity contribution in [2.75, 3.05) is 5.32 Å². The number of amides is 1. The summed E-state index contributed by atoms with van der Waals surface area (Å²) in [7, 11) is 0. The number of pyridine rings is 1. The van der Waals surface area contributed by atoms with Gasteiger partial charge in [0.1, 0.15) is 0 Å². The third kappa shape index (κ3) is 4.26. The second-order valence-corrected chi connectivity index (χ2v) is 7.12. The van der Waals surface area contributed by atoms with E-state index in [9.17, 15) is 9.90 Å². The average Bonchev–Trinajstić information content (AvgIpc) is 2.74. The first kappa shape index (κ1) is 18.3. The van der Waals surface area contributed by atoms with Gasteiger partial charge in [-0.15, -0.1) is 0 Å². The van der Waals surface area contributed by atoms with Crippen LogP contribution in [-0.4, -0.2) is 38.1 Å². The van der Waals surface area contributed by atoms with Gasteiger partial charge in [0.2, 0.25) is 5.95 Å². The van der Waals surface area contributed by atoms with Gasteiger partial charge in [0.15, 0.2) is 0 Å². The number of nitrogens with one attached hydrogen (secondary N) is 2. The molecule has 0 bridgehead atoms. The highest BCUT2D eigenvalue weighted by molar-refractivity contribution is 6.05. The standard InChI is InChI=1S/C21H23N5O2/c27-17-6-4-16(5-7-17)25-21-24-13-15-2-1-3-18(19(15)26-21)20(28)23-12-14-8-10-22-11-9-14/h1-3,8-11,13,16-17,27H,4-7,12H2,(H,23,28)(H,24,25,26)/t16-,17-. The van der Waals surface area contributed by atoms with Crippen molar-refractivity contribution >= 4 is 22.8 Å². The van der Waals surface area contributed by atoms with Crippen molar-refractivity contribution in [3.05, 3.63) is 60.0 Å². The molecule has 0 atom stereocenters. The number of hydrogen-bond donors (Lipinski definition) is 3. The summed E-state index contributed by atoms with van der Waals surface area (Å²) in [6, 6.07) is 9.49. The fraction of sp³-hybridized carbons (Fsp3) is 0.333. The van der Waals surface area contributed by atoms with Gasteiger partial charge >= 0.3 is 0 Å². The lowest BCUT2D eigenvalue weighted by atomic mass is 9.93. The van der Waals surface area contributed by atoms with Crippen LogP contribution < -0.4 is 10.6 Å². The molecular formula is C21H23N5O2. The lowest BCUT2D eigenvalue weighted by Crippen LogP contribution is -2.29. The summed E-state index contributed by atoms with van der Waals surface area (Å²) in [6.45, 7) is 0.429. The molecule has 144 valence electrons. The highest BCUT2D eigenvalue weighted by Crippen LogP contribution is 2.22. The third-order valence-corrected chi connectivity index (χ3v) is 5.09. The maximum Gasteiger partial charge on any atom is 0.253 e. The Morgan fingerprint density at radius 2 is 1.89 bits per heavy atom. The maximum absolute atomic E-state index is 12.7. The summed E-state index contributed by atoms with van der Waals surface area (Å²) >= 11 is 0. The summed E-state index contributed by atoms with van der Waals surface area (Å²) in [5.41, 5.74) is 2.14. The van der Waals surface area contributed by atoms with Gasteiger partial charge in [-0.25, -0.2) is 9.97 Å². The monoisotopic (exact) mass is 377 g/mol. The van der Waals surface area contributed by atoms with E-state index in [0.29, 0.717) is 23.6 Å². The molecule has 1 amide bonds. The van der Waals surface area contributed by atoms with Crippen LogP contribution in [0.5, 0.6) is 0 Å². The Labute approximate surface area is 163 Å². The normalized spacial score (nSPS) is 19.3. The number of anilines is 1. The van der Waals surface area contributed by atoms with Crippen LogP contribution in [0, 0.1) is 0 Å². The van der Waals surface area contributed by atoms with Crippen molar-refractivity contribution in [2.45, 2.75) is 44.4 Å². The van der Waals surface area contributed by atoms with E-state index in [1.54, 1.807) is 24.7 Å². The van der Waals surface area contributed by atoms with E-state index in [4.69, 9.17) is 0 Å². The number of fused-ring (bicyclic) bond motifs is 1. The second-order valence-electron chi connectivity index (χ2n) is 7.12. The average molecular weight is 377 g/mol. The molecule has 0 radical (unpaired) electrons. The third-order valence-electron chi connectivity index (χ3n) is 5.09. The van der Waals surface area contributed by atoms with Crippen molar-refractivity contribution in [3.63, 3.8) is 0 Å². The Bertz CT molecular complexity index is 955. The lowest BCUT2D eigenvalue weighted by Gasteiger charge is -2.26. The summed E-state index contributed by atoms with van der Waals surface area (Å²) in [6.07, 6.45) is 8.28. The Kier molecular flexibility index (Phi) is 5.43. The molecule has 1 aromatic carbocycles. The zero-order valence-electron chi connectivity index (χ0n) is 15.5. The Balaban J connectivity index is 1.52. The Morgan fingerprint density at radius 1 is 1.11 bits per heavy atom. The Hall–Kier alpha value is -3.06. The molecule has 2 aromatic heterocycles. The first-order chi connectivity index (χ1) is 13.7. The SMILES string of the molecule is O=C(NCc1ccncc1)c1cccc2cnc(N[C@H]3CC[C@H](O)CC3)nc12. The minimum atomic E-state index is -0.203. The van der Waals surface area contributed by atoms with E-state index < -0.39 is 0 Å². The number of nitrogens with zero attached hydrogens (tertiary/aromatic N) is 3. The van der Waals surface area contributed by atoms with E-state index in [0.717, 1.165) is 36.6 Å². The van der Waals surface area contributed by atoms with Crippen LogP contribution in [0.3, 0.4) is 0 Å². The first-order valence-corrected chi connectivity index (χ1v) is 9.56. The van der Waals surface area contributed by atoms with Crippen LogP contribution in [0.4, 0.5) is 5.95 Å². The maximum atomic E-state index is 12.7. The molecule has 7 heteroatoms. The number of hydrogen-bond acceptors (Lipinski definition) is 6. The van der Waals surface area contributed by atoms with Crippen LogP contribution in [-0.2, 0) is 6.54 Å². The molecule has 0 spiro atoms. The second kappa shape index (κ2) is 8.31. The number of carbonyl (C=O) groups is 1. The molecule has 1 aliphatic carbocycles. The Morgan fingerprint density at radius 3 is 2.68 bits per heavy atom. The first-order valence-electron chi connectivity index (χ1n) is 9.56. The van der Waals surface area contributed by atoms with Crippen LogP contribution in [0.25, 0.3) is 10.9 Å². The number of benzene rings is 1. The number of aliphatic hydroxyl groups is 1. The van der Waals surface area contributed by atoms with Gasteiger partial charge < -0.3 is 15.7 Å². The minimum Gasteiger partial charge on any atom is -0.393 e. The van der Waals surface area contributed by atoms with E-state index in [1.807, 2.05) is 24.3 Å². The quantitative estimate of drug-likeness (QED) is 0.632. The van der Waals surface area contributed by atoms with Crippen molar-refractivity contribution in [1.82, 2.24) is 20.3 Å². The lowest BCUT2D eigenvalue weighted by molar-refractivity contribution is 0.0952. The van der Waals surface area contributed by atoms with Gasteiger partial charge in [-0.05, 0) is 49.4 Å². The molecule has 4 rings (SSSR count). The molecule has 0 unspecified atom stereocenters. The van der Waals surface area contributed by atoms with Crippen LogP contribution in [0.2, 0.25) is 0 Å². The minimum absolute atomic E-state index is 0.173. The van der Waals surface area contributed by atoms with Crippen molar-refractivity contribution in [2.24, 2.45) is 0 Å². The molecule has 28 heavy (non-hydrogen) atoms. The zero-order chi connectivity index (χ0) is 19.3. The summed E-state index contributed by atoms with van der Waals surface area (Å²) < 4.78 is 0. The van der Waals surface area contributed by atoms with E-state index in [1.165, 1.54) is 0 Å². The highest BCUT2D eigenvalue weighted by Gasteiger charge is 2.20. The predicted octanol–water partition coefficient (Wildman–Crippen LogP) is 2.67. The number of rotatable bonds is 5. The van der Waals surface area contributed by atoms with Gasteiger partial charge in [0.05, 0.1) is 17.2 Å². The van der Waals surface area contributed by atoms with E-state index in [-0.39, 0.29) is 18.1 Å². The number of aromatic nitrogens is 3. The number of para-hydroxylation sites is 1. The smallest absolute Gasteiger partial charge is 0.253 e. The zero-order valence-corrected chi connectivity index (χ0v) is 15.5. The predicted molar refractivity (Wildman–Crippen MR) is 107 cm³/mol. The fourth-order valence-electron chi connectivity index (χ4n) is 3.49. The fourth-order valence-corrected chi connectivity index (χ4v) is 3.49. The molecular weight excluding hydrogens is 354 g/mol. The van der Waals surface area contributed by atoms with Gasteiger partial charge in [-0.2, -0.15) is 0 Å². The molecule has 3 N–H and O–H groups in total. The molecule has 0 saturated heterocycles. The molecule has 1 saturated carbocycles. The van der Waals surface area contributed by atoms with Gasteiger partial charge in [-0.3, -0.25) is 9.78 Å².